The maximum absolute atomic E-state index is 10.8. The summed E-state index contributed by atoms with van der Waals surface area (Å²) >= 11 is 0. The van der Waals surface area contributed by atoms with Crippen molar-refractivity contribution < 1.29 is 9.72 Å². The van der Waals surface area contributed by atoms with Crippen LogP contribution in [-0.2, 0) is 4.79 Å². The molecule has 12 heavy (non-hydrogen) atoms. The van der Waals surface area contributed by atoms with E-state index in [1.165, 1.54) is 19.1 Å². The minimum absolute atomic E-state index is 0.0481. The predicted molar refractivity (Wildman–Crippen MR) is 43.3 cm³/mol. The van der Waals surface area contributed by atoms with Gasteiger partial charge in [-0.2, -0.15) is 0 Å². The van der Waals surface area contributed by atoms with Gasteiger partial charge in [0.05, 0.1) is 0 Å². The molecule has 0 N–H and O–H groups in total. The highest BCUT2D eigenvalue weighted by Crippen LogP contribution is 2.12. The molecule has 4 nitrogen and oxygen atoms in total. The maximum Gasteiger partial charge on any atom is 0.235 e. The molecule has 0 aromatic heterocycles. The molecule has 0 spiro atoms. The Labute approximate surface area is 69.7 Å². The fourth-order valence-electron chi connectivity index (χ4n) is 1.03. The Kier molecular flexibility index (Phi) is 2.38. The van der Waals surface area contributed by atoms with Crippen LogP contribution in [0.15, 0.2) is 23.8 Å². The lowest BCUT2D eigenvalue weighted by molar-refractivity contribution is -0.508. The van der Waals surface area contributed by atoms with Crippen molar-refractivity contribution in [3.05, 3.63) is 33.9 Å². The van der Waals surface area contributed by atoms with E-state index in [9.17, 15) is 14.9 Å². The Bertz CT molecular complexity index is 278. The van der Waals surface area contributed by atoms with Gasteiger partial charge in [-0.05, 0) is 19.1 Å². The summed E-state index contributed by atoms with van der Waals surface area (Å²) in [7, 11) is 0. The van der Waals surface area contributed by atoms with Gasteiger partial charge < -0.3 is 0 Å². The van der Waals surface area contributed by atoms with E-state index >= 15 is 0 Å². The van der Waals surface area contributed by atoms with Gasteiger partial charge in [-0.15, -0.1) is 0 Å². The van der Waals surface area contributed by atoms with Crippen molar-refractivity contribution >= 4 is 5.78 Å². The van der Waals surface area contributed by atoms with E-state index in [0.717, 1.165) is 0 Å². The molecular weight excluding hydrogens is 158 g/mol. The quantitative estimate of drug-likeness (QED) is 0.457. The third-order valence-corrected chi connectivity index (χ3v) is 1.75. The zero-order valence-corrected chi connectivity index (χ0v) is 6.69. The van der Waals surface area contributed by atoms with Crippen LogP contribution < -0.4 is 0 Å². The molecule has 0 radical (unpaired) electrons. The predicted octanol–water partition coefficient (Wildman–Crippen LogP) is 1.11. The van der Waals surface area contributed by atoms with E-state index in [1.807, 2.05) is 0 Å². The number of nitrogens with zero attached hydrogens (tertiary/aromatic N) is 1. The number of carbonyl (C=O) groups excluding carboxylic acids is 1. The molecule has 0 amide bonds. The molecule has 1 rings (SSSR count). The van der Waals surface area contributed by atoms with Crippen LogP contribution in [0.2, 0.25) is 0 Å². The lowest BCUT2D eigenvalue weighted by Gasteiger charge is -2.07. The topological polar surface area (TPSA) is 60.2 Å². The summed E-state index contributed by atoms with van der Waals surface area (Å²) in [6.07, 6.45) is 4.89. The largest absolute Gasteiger partial charge is 0.295 e. The molecule has 4 heteroatoms. The summed E-state index contributed by atoms with van der Waals surface area (Å²) in [5.41, 5.74) is 0.563. The van der Waals surface area contributed by atoms with Crippen LogP contribution in [0, 0.1) is 10.1 Å². The van der Waals surface area contributed by atoms with Crippen LogP contribution >= 0.6 is 0 Å². The molecule has 0 heterocycles. The van der Waals surface area contributed by atoms with Crippen LogP contribution in [0.1, 0.15) is 13.3 Å². The second kappa shape index (κ2) is 3.30. The third-order valence-electron chi connectivity index (χ3n) is 1.75. The first-order valence-electron chi connectivity index (χ1n) is 3.64. The van der Waals surface area contributed by atoms with Crippen LogP contribution in [0.3, 0.4) is 0 Å². The first-order chi connectivity index (χ1) is 5.61. The van der Waals surface area contributed by atoms with Gasteiger partial charge in [-0.1, -0.05) is 6.08 Å². The lowest BCUT2D eigenvalue weighted by atomic mass is 10.0. The Hall–Kier alpha value is -1.45. The van der Waals surface area contributed by atoms with E-state index in [-0.39, 0.29) is 10.7 Å². The number of hydrogen-bond donors (Lipinski definition) is 0. The first kappa shape index (κ1) is 8.64. The summed E-state index contributed by atoms with van der Waals surface area (Å²) < 4.78 is 0. The van der Waals surface area contributed by atoms with Crippen LogP contribution in [0.25, 0.3) is 0 Å². The van der Waals surface area contributed by atoms with E-state index in [4.69, 9.17) is 0 Å². The molecule has 0 bridgehead atoms. The number of Topliss-reactive ketones (excluding diaryl/α,β-unsaturated/α-hetero) is 1. The summed E-state index contributed by atoms with van der Waals surface area (Å²) in [6.45, 7) is 1.45. The van der Waals surface area contributed by atoms with E-state index in [2.05, 4.69) is 0 Å². The van der Waals surface area contributed by atoms with Gasteiger partial charge >= 0.3 is 0 Å². The summed E-state index contributed by atoms with van der Waals surface area (Å²) in [5.74, 6) is -0.0481. The summed E-state index contributed by atoms with van der Waals surface area (Å²) in [5, 5.41) is 10.3. The highest BCUT2D eigenvalue weighted by Gasteiger charge is 2.18. The first-order valence-corrected chi connectivity index (χ1v) is 3.64. The molecule has 0 unspecified atom stereocenters. The Morgan fingerprint density at radius 3 is 2.75 bits per heavy atom. The van der Waals surface area contributed by atoms with Gasteiger partial charge in [-0.3, -0.25) is 14.9 Å². The number of rotatable bonds is 2. The van der Waals surface area contributed by atoms with Crippen molar-refractivity contribution in [2.75, 3.05) is 0 Å². The van der Waals surface area contributed by atoms with Gasteiger partial charge in [0.15, 0.2) is 5.78 Å². The zero-order valence-electron chi connectivity index (χ0n) is 6.69. The molecule has 0 aromatic carbocycles. The molecule has 0 saturated heterocycles. The second-order valence-electron chi connectivity index (χ2n) is 2.66. The van der Waals surface area contributed by atoms with Crippen LogP contribution in [0.5, 0.6) is 0 Å². The van der Waals surface area contributed by atoms with Gasteiger partial charge in [0, 0.05) is 16.9 Å². The van der Waals surface area contributed by atoms with Gasteiger partial charge in [0.2, 0.25) is 6.04 Å². The molecule has 0 saturated carbocycles. The molecule has 0 aromatic rings. The van der Waals surface area contributed by atoms with Gasteiger partial charge in [0.25, 0.3) is 0 Å². The zero-order chi connectivity index (χ0) is 9.14. The summed E-state index contributed by atoms with van der Waals surface area (Å²) in [6, 6.07) is -0.659. The van der Waals surface area contributed by atoms with Crippen molar-refractivity contribution in [2.24, 2.45) is 0 Å². The number of allylic oxidation sites excluding steroid dienone is 2. The second-order valence-corrected chi connectivity index (χ2v) is 2.66. The monoisotopic (exact) mass is 167 g/mol. The van der Waals surface area contributed by atoms with Crippen molar-refractivity contribution in [1.82, 2.24) is 0 Å². The van der Waals surface area contributed by atoms with Crippen LogP contribution in [-0.4, -0.2) is 16.7 Å². The molecule has 1 atom stereocenters. The number of hydrogen-bond acceptors (Lipinski definition) is 3. The molecule has 0 aliphatic heterocycles. The van der Waals surface area contributed by atoms with Crippen molar-refractivity contribution in [3.8, 4) is 0 Å². The van der Waals surface area contributed by atoms with Gasteiger partial charge in [-0.25, -0.2) is 0 Å². The SMILES string of the molecule is CC(=O)C1=CC[C@@H]([N+](=O)[O-])C=C1. The third kappa shape index (κ3) is 1.78. The number of ketones is 1. The smallest absolute Gasteiger partial charge is 0.235 e. The standard InChI is InChI=1S/C8H9NO3/c1-6(10)7-2-4-8(5-3-7)9(11)12/h2-4,8H,5H2,1H3/t8-/m0/s1. The minimum atomic E-state index is -0.659. The fourth-order valence-corrected chi connectivity index (χ4v) is 1.03. The van der Waals surface area contributed by atoms with E-state index in [1.54, 1.807) is 6.08 Å². The highest BCUT2D eigenvalue weighted by atomic mass is 16.6. The summed E-state index contributed by atoms with van der Waals surface area (Å²) in [4.78, 5) is 20.7. The average Bonchev–Trinajstić information content (AvgIpc) is 2.04. The van der Waals surface area contributed by atoms with Gasteiger partial charge in [0.1, 0.15) is 0 Å². The van der Waals surface area contributed by atoms with Crippen molar-refractivity contribution in [2.45, 2.75) is 19.4 Å². The molecule has 0 fully saturated rings. The van der Waals surface area contributed by atoms with Crippen molar-refractivity contribution in [1.29, 1.82) is 0 Å². The highest BCUT2D eigenvalue weighted by molar-refractivity contribution is 5.96. The van der Waals surface area contributed by atoms with Crippen molar-refractivity contribution in [3.63, 3.8) is 0 Å². The minimum Gasteiger partial charge on any atom is -0.295 e. The van der Waals surface area contributed by atoms with E-state index < -0.39 is 6.04 Å². The Balaban J connectivity index is 2.68. The van der Waals surface area contributed by atoms with Crippen LogP contribution in [0.4, 0.5) is 0 Å². The average molecular weight is 167 g/mol. The fraction of sp³-hybridized carbons (Fsp3) is 0.375. The normalized spacial score (nSPS) is 21.8. The lowest BCUT2D eigenvalue weighted by Crippen LogP contribution is -2.18. The Morgan fingerprint density at radius 2 is 2.42 bits per heavy atom. The van der Waals surface area contributed by atoms with E-state index in [0.29, 0.717) is 12.0 Å². The number of carbonyl (C=O) groups is 1. The molecule has 64 valence electrons. The maximum atomic E-state index is 10.8. The molecular formula is C8H9NO3. The Morgan fingerprint density at radius 1 is 1.75 bits per heavy atom. The molecule has 1 aliphatic carbocycles. The number of nitro groups is 1. The molecule has 1 aliphatic rings.